The van der Waals surface area contributed by atoms with Crippen LogP contribution in [-0.2, 0) is 0 Å². The molecular weight excluding hydrogens is 518 g/mol. The number of para-hydroxylation sites is 1. The molecular formula is C42H29N. The number of aromatic nitrogens is 1. The summed E-state index contributed by atoms with van der Waals surface area (Å²) in [7, 11) is 0. The van der Waals surface area contributed by atoms with Gasteiger partial charge in [0.25, 0.3) is 0 Å². The van der Waals surface area contributed by atoms with Crippen LogP contribution in [0.5, 0.6) is 0 Å². The van der Waals surface area contributed by atoms with Gasteiger partial charge in [-0.1, -0.05) is 152 Å². The summed E-state index contributed by atoms with van der Waals surface area (Å²) in [4.78, 5) is 0. The minimum Gasteiger partial charge on any atom is -0.309 e. The van der Waals surface area contributed by atoms with Gasteiger partial charge in [-0.05, 0) is 63.2 Å². The summed E-state index contributed by atoms with van der Waals surface area (Å²) in [6, 6.07) is 63.4. The van der Waals surface area contributed by atoms with E-state index in [0.717, 1.165) is 5.69 Å². The first kappa shape index (κ1) is 25.1. The fourth-order valence-corrected chi connectivity index (χ4v) is 6.41. The molecule has 0 aliphatic carbocycles. The molecule has 43 heavy (non-hydrogen) atoms. The quantitative estimate of drug-likeness (QED) is 0.202. The molecule has 7 aromatic carbocycles. The van der Waals surface area contributed by atoms with Crippen LogP contribution in [0.4, 0.5) is 0 Å². The maximum absolute atomic E-state index is 2.48. The van der Waals surface area contributed by atoms with Crippen molar-refractivity contribution in [1.29, 1.82) is 0 Å². The van der Waals surface area contributed by atoms with E-state index in [9.17, 15) is 0 Å². The van der Waals surface area contributed by atoms with Crippen molar-refractivity contribution in [3.63, 3.8) is 0 Å². The fraction of sp³-hybridized carbons (Fsp3) is 0. The second kappa shape index (κ2) is 10.6. The minimum atomic E-state index is 1.15. The van der Waals surface area contributed by atoms with E-state index in [-0.39, 0.29) is 0 Å². The first-order valence-corrected chi connectivity index (χ1v) is 14.8. The van der Waals surface area contributed by atoms with E-state index in [4.69, 9.17) is 0 Å². The minimum absolute atomic E-state index is 1.15. The second-order valence-electron chi connectivity index (χ2n) is 11.0. The maximum Gasteiger partial charge on any atom is 0.0625 e. The van der Waals surface area contributed by atoms with Gasteiger partial charge in [0, 0.05) is 22.0 Å². The molecule has 0 saturated heterocycles. The number of rotatable bonds is 5. The lowest BCUT2D eigenvalue weighted by Crippen LogP contribution is -1.98. The van der Waals surface area contributed by atoms with E-state index in [0.29, 0.717) is 0 Å². The van der Waals surface area contributed by atoms with Gasteiger partial charge in [-0.3, -0.25) is 0 Å². The van der Waals surface area contributed by atoms with Gasteiger partial charge in [0.05, 0.1) is 11.0 Å². The van der Waals surface area contributed by atoms with Gasteiger partial charge in [-0.15, -0.1) is 0 Å². The van der Waals surface area contributed by atoms with E-state index in [1.165, 1.54) is 66.3 Å². The summed E-state index contributed by atoms with van der Waals surface area (Å²) in [5, 5.41) is 2.52. The van der Waals surface area contributed by atoms with Crippen molar-refractivity contribution in [2.75, 3.05) is 0 Å². The molecule has 0 atom stereocenters. The molecule has 1 nitrogen and oxygen atoms in total. The van der Waals surface area contributed by atoms with E-state index in [2.05, 4.69) is 180 Å². The molecule has 0 unspecified atom stereocenters. The van der Waals surface area contributed by atoms with Crippen molar-refractivity contribution in [2.45, 2.75) is 0 Å². The Kier molecular flexibility index (Phi) is 6.20. The largest absolute Gasteiger partial charge is 0.309 e. The molecule has 0 spiro atoms. The highest BCUT2D eigenvalue weighted by Crippen LogP contribution is 2.44. The van der Waals surface area contributed by atoms with E-state index < -0.39 is 0 Å². The Balaban J connectivity index is 1.53. The Hall–Kier alpha value is -5.66. The summed E-state index contributed by atoms with van der Waals surface area (Å²) in [6.07, 6.45) is 0. The van der Waals surface area contributed by atoms with Gasteiger partial charge in [0.1, 0.15) is 0 Å². The summed E-state index contributed by atoms with van der Waals surface area (Å²) in [5.41, 5.74) is 13.3. The molecule has 1 aromatic heterocycles. The summed E-state index contributed by atoms with van der Waals surface area (Å²) < 4.78 is 2.48. The van der Waals surface area contributed by atoms with Crippen molar-refractivity contribution < 1.29 is 0 Å². The zero-order chi connectivity index (χ0) is 28.6. The molecule has 0 bridgehead atoms. The van der Waals surface area contributed by atoms with Crippen LogP contribution in [0.2, 0.25) is 0 Å². The molecule has 8 rings (SSSR count). The average molecular weight is 548 g/mol. The first-order chi connectivity index (χ1) is 21.3. The van der Waals surface area contributed by atoms with Crippen molar-refractivity contribution >= 4 is 21.8 Å². The van der Waals surface area contributed by atoms with Crippen LogP contribution < -0.4 is 0 Å². The Morgan fingerprint density at radius 2 is 0.767 bits per heavy atom. The van der Waals surface area contributed by atoms with Crippen LogP contribution in [0.3, 0.4) is 0 Å². The van der Waals surface area contributed by atoms with Gasteiger partial charge in [0.2, 0.25) is 0 Å². The highest BCUT2D eigenvalue weighted by molar-refractivity contribution is 6.19. The normalized spacial score (nSPS) is 11.3. The molecule has 1 heterocycles. The smallest absolute Gasteiger partial charge is 0.0625 e. The first-order valence-electron chi connectivity index (χ1n) is 14.8. The summed E-state index contributed by atoms with van der Waals surface area (Å²) in [5.74, 6) is 0. The van der Waals surface area contributed by atoms with Gasteiger partial charge < -0.3 is 4.57 Å². The standard InChI is InChI=1S/C42H29N/c1-5-15-30(16-6-1)34-27-35(31-17-7-2-8-18-31)29-36(28-34)43-40-24-14-13-23-39(40)41-37(32-19-9-3-10-20-32)25-26-38(42(41)43)33-21-11-4-12-22-33/h1-29H. The summed E-state index contributed by atoms with van der Waals surface area (Å²) >= 11 is 0. The average Bonchev–Trinajstić information content (AvgIpc) is 3.45. The van der Waals surface area contributed by atoms with Crippen LogP contribution in [0.25, 0.3) is 72.0 Å². The van der Waals surface area contributed by atoms with Crippen LogP contribution in [0.1, 0.15) is 0 Å². The van der Waals surface area contributed by atoms with Crippen LogP contribution in [0, 0.1) is 0 Å². The number of benzene rings is 7. The monoisotopic (exact) mass is 547 g/mol. The zero-order valence-corrected chi connectivity index (χ0v) is 23.7. The van der Waals surface area contributed by atoms with Crippen molar-refractivity contribution in [3.8, 4) is 50.2 Å². The topological polar surface area (TPSA) is 4.93 Å². The molecule has 1 heteroatoms. The van der Waals surface area contributed by atoms with Crippen LogP contribution in [0.15, 0.2) is 176 Å². The summed E-state index contributed by atoms with van der Waals surface area (Å²) in [6.45, 7) is 0. The van der Waals surface area contributed by atoms with Gasteiger partial charge in [-0.25, -0.2) is 0 Å². The third kappa shape index (κ3) is 4.43. The molecule has 0 aliphatic heterocycles. The number of nitrogens with zero attached hydrogens (tertiary/aromatic N) is 1. The predicted octanol–water partition coefficient (Wildman–Crippen LogP) is 11.5. The third-order valence-corrected chi connectivity index (χ3v) is 8.38. The van der Waals surface area contributed by atoms with E-state index in [1.807, 2.05) is 0 Å². The van der Waals surface area contributed by atoms with E-state index >= 15 is 0 Å². The van der Waals surface area contributed by atoms with Crippen LogP contribution >= 0.6 is 0 Å². The molecule has 0 fully saturated rings. The molecule has 0 N–H and O–H groups in total. The molecule has 0 saturated carbocycles. The molecule has 8 aromatic rings. The molecule has 0 amide bonds. The Labute approximate surface area is 251 Å². The SMILES string of the molecule is c1ccc(-c2cc(-c3ccccc3)cc(-n3c4ccccc4c4c(-c5ccccc5)ccc(-c5ccccc5)c43)c2)cc1. The maximum atomic E-state index is 2.48. The predicted molar refractivity (Wildman–Crippen MR) is 183 cm³/mol. The van der Waals surface area contributed by atoms with E-state index in [1.54, 1.807) is 0 Å². The Morgan fingerprint density at radius 3 is 1.33 bits per heavy atom. The lowest BCUT2D eigenvalue weighted by Gasteiger charge is -2.16. The Bertz CT molecular complexity index is 2140. The molecule has 202 valence electrons. The van der Waals surface area contributed by atoms with Crippen LogP contribution in [-0.4, -0.2) is 4.57 Å². The van der Waals surface area contributed by atoms with Gasteiger partial charge in [0.15, 0.2) is 0 Å². The second-order valence-corrected chi connectivity index (χ2v) is 11.0. The number of hydrogen-bond donors (Lipinski definition) is 0. The molecule has 0 radical (unpaired) electrons. The van der Waals surface area contributed by atoms with Gasteiger partial charge >= 0.3 is 0 Å². The lowest BCUT2D eigenvalue weighted by molar-refractivity contribution is 1.18. The lowest BCUT2D eigenvalue weighted by atomic mass is 9.94. The Morgan fingerprint density at radius 1 is 0.326 bits per heavy atom. The highest BCUT2D eigenvalue weighted by Gasteiger charge is 2.21. The van der Waals surface area contributed by atoms with Gasteiger partial charge in [-0.2, -0.15) is 0 Å². The third-order valence-electron chi connectivity index (χ3n) is 8.38. The fourth-order valence-electron chi connectivity index (χ4n) is 6.41. The number of fused-ring (bicyclic) bond motifs is 3. The number of hydrogen-bond acceptors (Lipinski definition) is 0. The zero-order valence-electron chi connectivity index (χ0n) is 23.7. The van der Waals surface area contributed by atoms with Crippen molar-refractivity contribution in [3.05, 3.63) is 176 Å². The molecule has 0 aliphatic rings. The van der Waals surface area contributed by atoms with Crippen molar-refractivity contribution in [2.24, 2.45) is 0 Å². The van der Waals surface area contributed by atoms with Crippen molar-refractivity contribution in [1.82, 2.24) is 4.57 Å². The highest BCUT2D eigenvalue weighted by atomic mass is 15.0.